The topological polar surface area (TPSA) is 49.8 Å². The Balaban J connectivity index is 1.89. The molecule has 1 heterocycles. The molecule has 3 aromatic carbocycles. The minimum atomic E-state index is -1.65. The summed E-state index contributed by atoms with van der Waals surface area (Å²) in [6.07, 6.45) is -1.11. The van der Waals surface area contributed by atoms with E-state index in [9.17, 15) is 9.90 Å². The Bertz CT molecular complexity index is 1040. The molecule has 2 unspecified atom stereocenters. The fourth-order valence-electron chi connectivity index (χ4n) is 3.84. The number of carbonyl (C=O) groups is 1. The van der Waals surface area contributed by atoms with E-state index in [-0.39, 0.29) is 5.91 Å². The Kier molecular flexibility index (Phi) is 5.49. The Morgan fingerprint density at radius 2 is 1.79 bits per heavy atom. The molecule has 3 aromatic rings. The predicted molar refractivity (Wildman–Crippen MR) is 117 cm³/mol. The highest BCUT2D eigenvalue weighted by Gasteiger charge is 2.52. The van der Waals surface area contributed by atoms with E-state index >= 15 is 0 Å². The van der Waals surface area contributed by atoms with Crippen molar-refractivity contribution in [3.05, 3.63) is 99.0 Å². The van der Waals surface area contributed by atoms with Crippen molar-refractivity contribution in [2.45, 2.75) is 18.2 Å². The average Bonchev–Trinajstić information content (AvgIpc) is 2.73. The summed E-state index contributed by atoms with van der Waals surface area (Å²) < 4.78 is 6.53. The standard InChI is InChI=1S/C23H19BrClNO3/c1-29-21-22(27)26(14-15-7-9-17(24)10-8-15)20-12-11-18(25)13-19(20)23(21,28)16-5-3-2-4-6-16/h2-13,21,28H,14H2,1H3. The van der Waals surface area contributed by atoms with Gasteiger partial charge in [0, 0.05) is 22.2 Å². The van der Waals surface area contributed by atoms with Gasteiger partial charge in [0.05, 0.1) is 12.2 Å². The number of ether oxygens (including phenoxy) is 1. The molecule has 0 saturated heterocycles. The van der Waals surface area contributed by atoms with Gasteiger partial charge in [0.2, 0.25) is 0 Å². The molecule has 148 valence electrons. The zero-order valence-corrected chi connectivity index (χ0v) is 18.0. The molecule has 0 bridgehead atoms. The van der Waals surface area contributed by atoms with Gasteiger partial charge < -0.3 is 14.7 Å². The van der Waals surface area contributed by atoms with Crippen LogP contribution in [0.1, 0.15) is 16.7 Å². The summed E-state index contributed by atoms with van der Waals surface area (Å²) in [5.41, 5.74) is 1.04. The van der Waals surface area contributed by atoms with E-state index < -0.39 is 11.7 Å². The fourth-order valence-corrected chi connectivity index (χ4v) is 4.27. The minimum absolute atomic E-state index is 0.309. The summed E-state index contributed by atoms with van der Waals surface area (Å²) in [6.45, 7) is 0.353. The van der Waals surface area contributed by atoms with Crippen molar-refractivity contribution in [1.82, 2.24) is 0 Å². The number of anilines is 1. The van der Waals surface area contributed by atoms with Crippen molar-refractivity contribution in [2.24, 2.45) is 0 Å². The second-order valence-corrected chi connectivity index (χ2v) is 8.31. The molecule has 6 heteroatoms. The van der Waals surface area contributed by atoms with Gasteiger partial charge in [0.15, 0.2) is 11.7 Å². The van der Waals surface area contributed by atoms with Gasteiger partial charge in [-0.3, -0.25) is 4.79 Å². The molecule has 1 aliphatic heterocycles. The molecule has 0 aliphatic carbocycles. The molecule has 4 rings (SSSR count). The number of halogens is 2. The number of methoxy groups -OCH3 is 1. The van der Waals surface area contributed by atoms with E-state index in [0.29, 0.717) is 28.4 Å². The van der Waals surface area contributed by atoms with Crippen molar-refractivity contribution < 1.29 is 14.6 Å². The SMILES string of the molecule is COC1C(=O)N(Cc2ccc(Br)cc2)c2ccc(Cl)cc2C1(O)c1ccccc1. The van der Waals surface area contributed by atoms with Gasteiger partial charge in [-0.2, -0.15) is 0 Å². The number of rotatable bonds is 4. The first kappa shape index (κ1) is 20.1. The van der Waals surface area contributed by atoms with E-state index in [2.05, 4.69) is 15.9 Å². The van der Waals surface area contributed by atoms with E-state index in [1.165, 1.54) is 7.11 Å². The van der Waals surface area contributed by atoms with Crippen LogP contribution in [0.4, 0.5) is 5.69 Å². The molecule has 1 N–H and O–H groups in total. The summed E-state index contributed by atoms with van der Waals surface area (Å²) in [5.74, 6) is -0.309. The number of hydrogen-bond donors (Lipinski definition) is 1. The van der Waals surface area contributed by atoms with Gasteiger partial charge in [-0.15, -0.1) is 0 Å². The molecular formula is C23H19BrClNO3. The van der Waals surface area contributed by atoms with Crippen molar-refractivity contribution >= 4 is 39.1 Å². The van der Waals surface area contributed by atoms with Crippen LogP contribution in [-0.4, -0.2) is 24.2 Å². The number of amides is 1. The molecule has 1 amide bonds. The maximum absolute atomic E-state index is 13.5. The first-order valence-corrected chi connectivity index (χ1v) is 10.3. The van der Waals surface area contributed by atoms with Gasteiger partial charge in [0.1, 0.15) is 0 Å². The summed E-state index contributed by atoms with van der Waals surface area (Å²) in [5, 5.41) is 12.3. The van der Waals surface area contributed by atoms with E-state index in [1.807, 2.05) is 42.5 Å². The fraction of sp³-hybridized carbons (Fsp3) is 0.174. The quantitative estimate of drug-likeness (QED) is 0.587. The van der Waals surface area contributed by atoms with E-state index in [1.54, 1.807) is 35.2 Å². The summed E-state index contributed by atoms with van der Waals surface area (Å²) in [4.78, 5) is 15.1. The van der Waals surface area contributed by atoms with Crippen LogP contribution in [0.25, 0.3) is 0 Å². The minimum Gasteiger partial charge on any atom is -0.377 e. The third-order valence-electron chi connectivity index (χ3n) is 5.23. The number of hydrogen-bond acceptors (Lipinski definition) is 3. The summed E-state index contributed by atoms with van der Waals surface area (Å²) in [6, 6.07) is 22.0. The Morgan fingerprint density at radius 1 is 1.10 bits per heavy atom. The van der Waals surface area contributed by atoms with Crippen LogP contribution in [0.15, 0.2) is 77.3 Å². The molecule has 4 nitrogen and oxygen atoms in total. The lowest BCUT2D eigenvalue weighted by atomic mass is 9.77. The first-order chi connectivity index (χ1) is 13.9. The molecule has 1 aliphatic rings. The molecular weight excluding hydrogens is 454 g/mol. The smallest absolute Gasteiger partial charge is 0.260 e. The van der Waals surface area contributed by atoms with Crippen molar-refractivity contribution in [1.29, 1.82) is 0 Å². The van der Waals surface area contributed by atoms with Crippen LogP contribution in [0.5, 0.6) is 0 Å². The zero-order valence-electron chi connectivity index (χ0n) is 15.7. The van der Waals surface area contributed by atoms with Crippen LogP contribution in [0.3, 0.4) is 0 Å². The van der Waals surface area contributed by atoms with E-state index in [4.69, 9.17) is 16.3 Å². The van der Waals surface area contributed by atoms with Crippen molar-refractivity contribution in [3.8, 4) is 0 Å². The second-order valence-electron chi connectivity index (χ2n) is 6.96. The van der Waals surface area contributed by atoms with Crippen molar-refractivity contribution in [3.63, 3.8) is 0 Å². The normalized spacial score (nSPS) is 21.2. The van der Waals surface area contributed by atoms with Crippen LogP contribution in [0.2, 0.25) is 5.02 Å². The maximum Gasteiger partial charge on any atom is 0.260 e. The highest BCUT2D eigenvalue weighted by molar-refractivity contribution is 9.10. The monoisotopic (exact) mass is 471 g/mol. The van der Waals surface area contributed by atoms with Crippen molar-refractivity contribution in [2.75, 3.05) is 12.0 Å². The highest BCUT2D eigenvalue weighted by Crippen LogP contribution is 2.45. The van der Waals surface area contributed by atoms with Crippen LogP contribution >= 0.6 is 27.5 Å². The zero-order chi connectivity index (χ0) is 20.6. The number of aliphatic hydroxyl groups is 1. The van der Waals surface area contributed by atoms with Gasteiger partial charge in [-0.1, -0.05) is 70.0 Å². The first-order valence-electron chi connectivity index (χ1n) is 9.11. The molecule has 0 radical (unpaired) electrons. The largest absolute Gasteiger partial charge is 0.377 e. The number of benzene rings is 3. The molecule has 0 fully saturated rings. The lowest BCUT2D eigenvalue weighted by molar-refractivity contribution is -0.145. The van der Waals surface area contributed by atoms with Gasteiger partial charge in [0.25, 0.3) is 5.91 Å². The molecule has 0 aromatic heterocycles. The third-order valence-corrected chi connectivity index (χ3v) is 6.00. The molecule has 2 atom stereocenters. The van der Waals surface area contributed by atoms with Crippen LogP contribution in [-0.2, 0) is 21.7 Å². The lowest BCUT2D eigenvalue weighted by Gasteiger charge is -2.44. The van der Waals surface area contributed by atoms with E-state index in [0.717, 1.165) is 10.0 Å². The number of nitrogens with zero attached hydrogens (tertiary/aromatic N) is 1. The van der Waals surface area contributed by atoms with Gasteiger partial charge in [-0.25, -0.2) is 0 Å². The summed E-state index contributed by atoms with van der Waals surface area (Å²) in [7, 11) is 1.43. The summed E-state index contributed by atoms with van der Waals surface area (Å²) >= 11 is 9.71. The Morgan fingerprint density at radius 3 is 2.45 bits per heavy atom. The molecule has 0 spiro atoms. The molecule has 29 heavy (non-hydrogen) atoms. The van der Waals surface area contributed by atoms with Gasteiger partial charge >= 0.3 is 0 Å². The third kappa shape index (κ3) is 3.49. The van der Waals surface area contributed by atoms with Crippen LogP contribution in [0, 0.1) is 0 Å². The lowest BCUT2D eigenvalue weighted by Crippen LogP contribution is -2.57. The molecule has 0 saturated carbocycles. The number of fused-ring (bicyclic) bond motifs is 1. The highest BCUT2D eigenvalue weighted by atomic mass is 79.9. The number of carbonyl (C=O) groups excluding carboxylic acids is 1. The predicted octanol–water partition coefficient (Wildman–Crippen LogP) is 4.90. The van der Waals surface area contributed by atoms with Gasteiger partial charge in [-0.05, 0) is 41.5 Å². The Labute approximate surface area is 182 Å². The maximum atomic E-state index is 13.5. The van der Waals surface area contributed by atoms with Crippen LogP contribution < -0.4 is 4.90 Å². The average molecular weight is 473 g/mol. The Hall–Kier alpha value is -2.18. The second kappa shape index (κ2) is 7.92.